The average molecular weight is 292 g/mol. The number of likely N-dealkylation sites (N-methyl/N-ethyl adjacent to an activating group) is 1. The van der Waals surface area contributed by atoms with Crippen LogP contribution < -0.4 is 11.1 Å². The molecule has 1 aliphatic heterocycles. The lowest BCUT2D eigenvalue weighted by Crippen LogP contribution is -2.34. The number of rotatable bonds is 6. The Balaban J connectivity index is 2.12. The molecule has 1 fully saturated rings. The van der Waals surface area contributed by atoms with Gasteiger partial charge in [-0.15, -0.1) is 0 Å². The lowest BCUT2D eigenvalue weighted by Gasteiger charge is -2.23. The van der Waals surface area contributed by atoms with E-state index in [2.05, 4.69) is 17.1 Å². The van der Waals surface area contributed by atoms with Crippen molar-refractivity contribution in [3.8, 4) is 0 Å². The fourth-order valence-electron chi connectivity index (χ4n) is 2.76. The van der Waals surface area contributed by atoms with Gasteiger partial charge in [0.2, 0.25) is 5.91 Å². The second-order valence-electron chi connectivity index (χ2n) is 5.16. The summed E-state index contributed by atoms with van der Waals surface area (Å²) in [5, 5.41) is 14.2. The highest BCUT2D eigenvalue weighted by molar-refractivity contribution is 5.94. The van der Waals surface area contributed by atoms with Crippen molar-refractivity contribution in [2.24, 2.45) is 5.73 Å². The molecule has 0 bridgehead atoms. The van der Waals surface area contributed by atoms with E-state index in [-0.39, 0.29) is 11.3 Å². The number of nitrogens with two attached hydrogens (primary N) is 1. The Morgan fingerprint density at radius 1 is 1.57 bits per heavy atom. The van der Waals surface area contributed by atoms with Gasteiger partial charge in [-0.2, -0.15) is 0 Å². The number of nitrogens with one attached hydrogen (secondary N) is 1. The molecule has 1 amide bonds. The second-order valence-corrected chi connectivity index (χ2v) is 5.16. The Morgan fingerprint density at radius 2 is 2.33 bits per heavy atom. The maximum absolute atomic E-state index is 11.1. The van der Waals surface area contributed by atoms with E-state index in [4.69, 9.17) is 5.73 Å². The minimum absolute atomic E-state index is 0.118. The fraction of sp³-hybridized carbons (Fsp3) is 0.500. The smallest absolute Gasteiger partial charge is 0.293 e. The molecule has 1 aliphatic rings. The van der Waals surface area contributed by atoms with E-state index in [1.165, 1.54) is 12.1 Å². The van der Waals surface area contributed by atoms with E-state index in [9.17, 15) is 14.9 Å². The zero-order chi connectivity index (χ0) is 15.4. The number of benzene rings is 1. The SMILES string of the molecule is CCN1CCCC1CNc1ccc(C(N)=O)cc1[N+](=O)[O-]. The van der Waals surface area contributed by atoms with Gasteiger partial charge in [0.15, 0.2) is 0 Å². The van der Waals surface area contributed by atoms with Crippen LogP contribution in [0.1, 0.15) is 30.1 Å². The van der Waals surface area contributed by atoms with Gasteiger partial charge in [-0.25, -0.2) is 0 Å². The molecule has 1 aromatic rings. The molecular formula is C14H20N4O3. The summed E-state index contributed by atoms with van der Waals surface area (Å²) in [6, 6.07) is 4.66. The van der Waals surface area contributed by atoms with E-state index in [1.54, 1.807) is 6.07 Å². The lowest BCUT2D eigenvalue weighted by molar-refractivity contribution is -0.384. The minimum atomic E-state index is -0.669. The summed E-state index contributed by atoms with van der Waals surface area (Å²) in [4.78, 5) is 24.1. The first-order valence-electron chi connectivity index (χ1n) is 7.09. The fourth-order valence-corrected chi connectivity index (χ4v) is 2.76. The van der Waals surface area contributed by atoms with E-state index in [1.807, 2.05) is 0 Å². The summed E-state index contributed by atoms with van der Waals surface area (Å²) in [7, 11) is 0. The number of nitrogens with zero attached hydrogens (tertiary/aromatic N) is 2. The van der Waals surface area contributed by atoms with Crippen molar-refractivity contribution in [2.45, 2.75) is 25.8 Å². The standard InChI is InChI=1S/C14H20N4O3/c1-2-17-7-3-4-11(17)9-16-12-6-5-10(14(15)19)8-13(12)18(20)21/h5-6,8,11,16H,2-4,7,9H2,1H3,(H2,15,19). The molecule has 1 unspecified atom stereocenters. The number of nitro benzene ring substituents is 1. The highest BCUT2D eigenvalue weighted by Crippen LogP contribution is 2.26. The first kappa shape index (κ1) is 15.2. The zero-order valence-electron chi connectivity index (χ0n) is 12.0. The Hall–Kier alpha value is -2.15. The number of nitro groups is 1. The molecular weight excluding hydrogens is 272 g/mol. The Labute approximate surface area is 123 Å². The number of likely N-dealkylation sites (tertiary alicyclic amines) is 1. The van der Waals surface area contributed by atoms with Crippen molar-refractivity contribution >= 4 is 17.3 Å². The first-order valence-corrected chi connectivity index (χ1v) is 7.09. The van der Waals surface area contributed by atoms with Gasteiger partial charge in [-0.05, 0) is 38.1 Å². The van der Waals surface area contributed by atoms with E-state index in [0.717, 1.165) is 25.9 Å². The van der Waals surface area contributed by atoms with Crippen LogP contribution in [0.15, 0.2) is 18.2 Å². The number of hydrogen-bond acceptors (Lipinski definition) is 5. The molecule has 7 heteroatoms. The molecule has 0 aliphatic carbocycles. The van der Waals surface area contributed by atoms with Crippen LogP contribution in [0.5, 0.6) is 0 Å². The monoisotopic (exact) mass is 292 g/mol. The maximum Gasteiger partial charge on any atom is 0.293 e. The van der Waals surface area contributed by atoms with E-state index >= 15 is 0 Å². The zero-order valence-corrected chi connectivity index (χ0v) is 12.0. The molecule has 1 atom stereocenters. The van der Waals surface area contributed by atoms with E-state index in [0.29, 0.717) is 18.3 Å². The molecule has 1 heterocycles. The van der Waals surface area contributed by atoms with Crippen molar-refractivity contribution in [1.29, 1.82) is 0 Å². The highest BCUT2D eigenvalue weighted by Gasteiger charge is 2.24. The molecule has 0 spiro atoms. The third-order valence-electron chi connectivity index (χ3n) is 3.91. The average Bonchev–Trinajstić information content (AvgIpc) is 2.92. The molecule has 0 saturated carbocycles. The van der Waals surface area contributed by atoms with Gasteiger partial charge in [-0.1, -0.05) is 6.92 Å². The summed E-state index contributed by atoms with van der Waals surface area (Å²) in [6.45, 7) is 4.83. The van der Waals surface area contributed by atoms with Crippen LogP contribution in [0.25, 0.3) is 0 Å². The highest BCUT2D eigenvalue weighted by atomic mass is 16.6. The largest absolute Gasteiger partial charge is 0.378 e. The maximum atomic E-state index is 11.1. The van der Waals surface area contributed by atoms with Crippen molar-refractivity contribution in [1.82, 2.24) is 4.90 Å². The van der Waals surface area contributed by atoms with E-state index < -0.39 is 10.8 Å². The van der Waals surface area contributed by atoms with Crippen LogP contribution in [0.3, 0.4) is 0 Å². The predicted molar refractivity (Wildman–Crippen MR) is 80.4 cm³/mol. The quantitative estimate of drug-likeness (QED) is 0.612. The van der Waals surface area contributed by atoms with Crippen molar-refractivity contribution in [2.75, 3.05) is 25.0 Å². The van der Waals surface area contributed by atoms with Gasteiger partial charge < -0.3 is 11.1 Å². The third kappa shape index (κ3) is 3.49. The summed E-state index contributed by atoms with van der Waals surface area (Å²) in [5.74, 6) is -0.669. The van der Waals surface area contributed by atoms with Gasteiger partial charge >= 0.3 is 0 Å². The van der Waals surface area contributed by atoms with Crippen LogP contribution >= 0.6 is 0 Å². The van der Waals surface area contributed by atoms with Crippen molar-refractivity contribution < 1.29 is 9.72 Å². The van der Waals surface area contributed by atoms with Gasteiger partial charge in [0.25, 0.3) is 5.69 Å². The normalized spacial score (nSPS) is 18.6. The van der Waals surface area contributed by atoms with Crippen molar-refractivity contribution in [3.63, 3.8) is 0 Å². The number of hydrogen-bond donors (Lipinski definition) is 2. The molecule has 1 aromatic carbocycles. The van der Waals surface area contributed by atoms with Crippen LogP contribution in [0, 0.1) is 10.1 Å². The number of carbonyl (C=O) groups is 1. The molecule has 2 rings (SSSR count). The second kappa shape index (κ2) is 6.53. The molecule has 0 aromatic heterocycles. The van der Waals surface area contributed by atoms with Crippen molar-refractivity contribution in [3.05, 3.63) is 33.9 Å². The molecule has 21 heavy (non-hydrogen) atoms. The summed E-state index contributed by atoms with van der Waals surface area (Å²) >= 11 is 0. The van der Waals surface area contributed by atoms with Crippen LogP contribution in [-0.2, 0) is 0 Å². The Kier molecular flexibility index (Phi) is 4.74. The predicted octanol–water partition coefficient (Wildman–Crippen LogP) is 1.59. The molecule has 3 N–H and O–H groups in total. The van der Waals surface area contributed by atoms with Gasteiger partial charge in [0.1, 0.15) is 5.69 Å². The van der Waals surface area contributed by atoms with Gasteiger partial charge in [-0.3, -0.25) is 19.8 Å². The number of carbonyl (C=O) groups excluding carboxylic acids is 1. The number of anilines is 1. The topological polar surface area (TPSA) is 102 Å². The molecule has 114 valence electrons. The van der Waals surface area contributed by atoms with Gasteiger partial charge in [0.05, 0.1) is 4.92 Å². The van der Waals surface area contributed by atoms with Crippen LogP contribution in [0.2, 0.25) is 0 Å². The number of amides is 1. The lowest BCUT2D eigenvalue weighted by atomic mass is 10.1. The van der Waals surface area contributed by atoms with Gasteiger partial charge in [0, 0.05) is 24.2 Å². The van der Waals surface area contributed by atoms with Crippen LogP contribution in [0.4, 0.5) is 11.4 Å². The summed E-state index contributed by atoms with van der Waals surface area (Å²) in [5.41, 5.74) is 5.60. The molecule has 0 radical (unpaired) electrons. The Morgan fingerprint density at radius 3 is 2.95 bits per heavy atom. The van der Waals surface area contributed by atoms with Crippen LogP contribution in [-0.4, -0.2) is 41.4 Å². The minimum Gasteiger partial charge on any atom is -0.378 e. The first-order chi connectivity index (χ1) is 10.0. The summed E-state index contributed by atoms with van der Waals surface area (Å²) < 4.78 is 0. The molecule has 7 nitrogen and oxygen atoms in total. The molecule has 1 saturated heterocycles. The summed E-state index contributed by atoms with van der Waals surface area (Å²) in [6.07, 6.45) is 2.25. The third-order valence-corrected chi connectivity index (χ3v) is 3.91. The Bertz CT molecular complexity index is 547. The number of primary amides is 1.